The first-order valence-electron chi connectivity index (χ1n) is 12.8. The summed E-state index contributed by atoms with van der Waals surface area (Å²) in [6.07, 6.45) is 2.54. The number of pyridine rings is 1. The zero-order valence-corrected chi connectivity index (χ0v) is 22.7. The molecule has 3 N–H and O–H groups in total. The van der Waals surface area contributed by atoms with Gasteiger partial charge in [0.05, 0.1) is 25.3 Å². The summed E-state index contributed by atoms with van der Waals surface area (Å²) in [5.41, 5.74) is 11.3. The maximum atomic E-state index is 13.2. The van der Waals surface area contributed by atoms with E-state index in [2.05, 4.69) is 15.7 Å². The Balaban J connectivity index is 1.31. The SMILES string of the molecule is CCOC(=O)C1CC1c1cnc(N)c2c(-c3ccc(NC(=O)c4cc5ccccc5n4C)c(OC)c3)csc12. The molecule has 1 fully saturated rings. The molecule has 39 heavy (non-hydrogen) atoms. The minimum atomic E-state index is -0.223. The number of fused-ring (bicyclic) bond motifs is 2. The number of nitrogen functional groups attached to an aromatic ring is 1. The third-order valence-corrected chi connectivity index (χ3v) is 8.41. The van der Waals surface area contributed by atoms with Crippen molar-refractivity contribution in [3.8, 4) is 16.9 Å². The highest BCUT2D eigenvalue weighted by Crippen LogP contribution is 2.52. The van der Waals surface area contributed by atoms with Crippen molar-refractivity contribution in [2.24, 2.45) is 13.0 Å². The highest BCUT2D eigenvalue weighted by atomic mass is 32.1. The fourth-order valence-corrected chi connectivity index (χ4v) is 6.43. The molecule has 0 bridgehead atoms. The molecule has 8 nitrogen and oxygen atoms in total. The number of thiophene rings is 1. The van der Waals surface area contributed by atoms with Crippen molar-refractivity contribution >= 4 is 55.7 Å². The van der Waals surface area contributed by atoms with Crippen LogP contribution in [0.15, 0.2) is 60.1 Å². The fraction of sp³-hybridized carbons (Fsp3) is 0.233. The van der Waals surface area contributed by atoms with Crippen molar-refractivity contribution in [3.63, 3.8) is 0 Å². The lowest BCUT2D eigenvalue weighted by molar-refractivity contribution is -0.144. The molecular formula is C30H28N4O4S. The molecule has 1 saturated carbocycles. The number of carbonyl (C=O) groups is 2. The monoisotopic (exact) mass is 540 g/mol. The second-order valence-corrected chi connectivity index (χ2v) is 10.5. The number of para-hydroxylation sites is 1. The molecule has 1 aliphatic rings. The van der Waals surface area contributed by atoms with Crippen LogP contribution in [0, 0.1) is 5.92 Å². The fourth-order valence-electron chi connectivity index (χ4n) is 5.27. The van der Waals surface area contributed by atoms with Gasteiger partial charge in [0, 0.05) is 45.7 Å². The van der Waals surface area contributed by atoms with Crippen LogP contribution in [-0.4, -0.2) is 35.1 Å². The van der Waals surface area contributed by atoms with E-state index in [1.165, 1.54) is 0 Å². The van der Waals surface area contributed by atoms with Gasteiger partial charge in [-0.3, -0.25) is 9.59 Å². The van der Waals surface area contributed by atoms with Crippen LogP contribution in [0.3, 0.4) is 0 Å². The topological polar surface area (TPSA) is 108 Å². The molecule has 2 unspecified atom stereocenters. The van der Waals surface area contributed by atoms with Crippen LogP contribution in [0.1, 0.15) is 35.3 Å². The van der Waals surface area contributed by atoms with Gasteiger partial charge in [-0.15, -0.1) is 11.3 Å². The molecule has 0 spiro atoms. The largest absolute Gasteiger partial charge is 0.495 e. The second-order valence-electron chi connectivity index (χ2n) is 9.67. The Bertz CT molecular complexity index is 1760. The normalized spacial score (nSPS) is 16.4. The Morgan fingerprint density at radius 2 is 2.03 bits per heavy atom. The van der Waals surface area contributed by atoms with Crippen LogP contribution < -0.4 is 15.8 Å². The number of nitrogens with zero attached hydrogens (tertiary/aromatic N) is 2. The number of hydrogen-bond donors (Lipinski definition) is 2. The number of hydrogen-bond acceptors (Lipinski definition) is 7. The number of rotatable bonds is 7. The van der Waals surface area contributed by atoms with Gasteiger partial charge >= 0.3 is 5.97 Å². The Hall–Kier alpha value is -4.37. The van der Waals surface area contributed by atoms with Crippen LogP contribution >= 0.6 is 11.3 Å². The number of amides is 1. The first kappa shape index (κ1) is 24.9. The molecule has 6 rings (SSSR count). The van der Waals surface area contributed by atoms with E-state index < -0.39 is 0 Å². The van der Waals surface area contributed by atoms with Crippen molar-refractivity contribution in [3.05, 3.63) is 71.4 Å². The summed E-state index contributed by atoms with van der Waals surface area (Å²) in [6, 6.07) is 15.4. The summed E-state index contributed by atoms with van der Waals surface area (Å²) in [7, 11) is 3.45. The molecule has 9 heteroatoms. The van der Waals surface area contributed by atoms with E-state index in [9.17, 15) is 9.59 Å². The predicted octanol–water partition coefficient (Wildman–Crippen LogP) is 5.96. The number of aryl methyl sites for hydroxylation is 1. The summed E-state index contributed by atoms with van der Waals surface area (Å²) in [6.45, 7) is 2.19. The van der Waals surface area contributed by atoms with Crippen molar-refractivity contribution in [1.82, 2.24) is 9.55 Å². The molecule has 3 heterocycles. The molecule has 5 aromatic rings. The summed E-state index contributed by atoms with van der Waals surface area (Å²) in [4.78, 5) is 29.9. The zero-order chi connectivity index (χ0) is 27.3. The molecule has 0 saturated heterocycles. The van der Waals surface area contributed by atoms with Gasteiger partial charge in [0.25, 0.3) is 5.91 Å². The minimum absolute atomic E-state index is 0.0902. The molecule has 198 valence electrons. The summed E-state index contributed by atoms with van der Waals surface area (Å²) in [5, 5.41) is 6.91. The molecule has 2 atom stereocenters. The van der Waals surface area contributed by atoms with E-state index in [1.807, 2.05) is 67.1 Å². The standard InChI is InChI=1S/C30H28N4O4S/c1-4-38-30(36)19-13-18(19)20-14-32-28(31)26-21(15-39-27(20)26)16-9-10-22(25(12-16)37-3)33-29(35)24-11-17-7-5-6-8-23(17)34(24)2/h5-12,14-15,18-19H,4,13H2,1-3H3,(H2,31,32)(H,33,35). The first-order valence-corrected chi connectivity index (χ1v) is 13.7. The van der Waals surface area contributed by atoms with Crippen molar-refractivity contribution in [2.75, 3.05) is 24.8 Å². The average Bonchev–Trinajstić information content (AvgIpc) is 3.49. The highest BCUT2D eigenvalue weighted by molar-refractivity contribution is 7.18. The molecular weight excluding hydrogens is 512 g/mol. The smallest absolute Gasteiger partial charge is 0.309 e. The third kappa shape index (κ3) is 4.28. The minimum Gasteiger partial charge on any atom is -0.495 e. The van der Waals surface area contributed by atoms with Gasteiger partial charge in [0.1, 0.15) is 17.3 Å². The van der Waals surface area contributed by atoms with Gasteiger partial charge in [-0.05, 0) is 54.1 Å². The van der Waals surface area contributed by atoms with Crippen LogP contribution in [0.4, 0.5) is 11.5 Å². The van der Waals surface area contributed by atoms with Crippen molar-refractivity contribution < 1.29 is 19.1 Å². The second kappa shape index (κ2) is 9.74. The highest BCUT2D eigenvalue weighted by Gasteiger charge is 2.46. The van der Waals surface area contributed by atoms with Gasteiger partial charge in [0.2, 0.25) is 0 Å². The summed E-state index contributed by atoms with van der Waals surface area (Å²) in [5.74, 6) is 0.549. The van der Waals surface area contributed by atoms with E-state index in [0.717, 1.165) is 44.1 Å². The Morgan fingerprint density at radius 1 is 1.21 bits per heavy atom. The Kier molecular flexibility index (Phi) is 6.23. The lowest BCUT2D eigenvalue weighted by Gasteiger charge is -2.13. The number of benzene rings is 2. The maximum absolute atomic E-state index is 13.2. The molecule has 1 aliphatic carbocycles. The van der Waals surface area contributed by atoms with Gasteiger partial charge in [-0.2, -0.15) is 0 Å². The molecule has 3 aromatic heterocycles. The van der Waals surface area contributed by atoms with Crippen LogP contribution in [0.5, 0.6) is 5.75 Å². The first-order chi connectivity index (χ1) is 18.9. The Morgan fingerprint density at radius 3 is 2.79 bits per heavy atom. The summed E-state index contributed by atoms with van der Waals surface area (Å²) < 4.78 is 13.8. The number of methoxy groups -OCH3 is 1. The number of nitrogens with one attached hydrogen (secondary N) is 1. The van der Waals surface area contributed by atoms with Crippen LogP contribution in [0.25, 0.3) is 32.1 Å². The number of carbonyl (C=O) groups excluding carboxylic acids is 2. The van der Waals surface area contributed by atoms with Gasteiger partial charge < -0.3 is 25.1 Å². The zero-order valence-electron chi connectivity index (χ0n) is 21.9. The van der Waals surface area contributed by atoms with Gasteiger partial charge in [-0.1, -0.05) is 24.3 Å². The Labute approximate surface area is 229 Å². The van der Waals surface area contributed by atoms with E-state index >= 15 is 0 Å². The van der Waals surface area contributed by atoms with Crippen LogP contribution in [0.2, 0.25) is 0 Å². The van der Waals surface area contributed by atoms with Crippen molar-refractivity contribution in [2.45, 2.75) is 19.3 Å². The average molecular weight is 541 g/mol. The molecule has 0 aliphatic heterocycles. The lowest BCUT2D eigenvalue weighted by Crippen LogP contribution is -2.16. The number of nitrogens with two attached hydrogens (primary N) is 1. The van der Waals surface area contributed by atoms with E-state index in [4.69, 9.17) is 15.2 Å². The third-order valence-electron chi connectivity index (χ3n) is 7.38. The molecule has 2 aromatic carbocycles. The van der Waals surface area contributed by atoms with E-state index in [-0.39, 0.29) is 23.7 Å². The quantitative estimate of drug-likeness (QED) is 0.247. The van der Waals surface area contributed by atoms with E-state index in [1.54, 1.807) is 24.6 Å². The molecule has 0 radical (unpaired) electrons. The number of ether oxygens (including phenoxy) is 2. The molecule has 1 amide bonds. The van der Waals surface area contributed by atoms with Crippen LogP contribution in [-0.2, 0) is 16.6 Å². The number of aromatic nitrogens is 2. The lowest BCUT2D eigenvalue weighted by atomic mass is 10.0. The number of anilines is 2. The van der Waals surface area contributed by atoms with Gasteiger partial charge in [-0.25, -0.2) is 4.98 Å². The summed E-state index contributed by atoms with van der Waals surface area (Å²) >= 11 is 1.59. The van der Waals surface area contributed by atoms with E-state index in [0.29, 0.717) is 29.6 Å². The maximum Gasteiger partial charge on any atom is 0.309 e. The number of esters is 1. The van der Waals surface area contributed by atoms with Gasteiger partial charge in [0.15, 0.2) is 0 Å². The van der Waals surface area contributed by atoms with Crippen molar-refractivity contribution in [1.29, 1.82) is 0 Å². The predicted molar refractivity (Wildman–Crippen MR) is 154 cm³/mol.